The van der Waals surface area contributed by atoms with Crippen molar-refractivity contribution in [2.75, 3.05) is 13.2 Å². The standard InChI is InChI=1S/C18H38O3.2H3N/c1-7-17(19-13-9-11-15(3)4)21-18(8-2)20-14-10-12-16(5)6;;/h15-18H,7-14H2,1-6H3;2*1H3. The van der Waals surface area contributed by atoms with Gasteiger partial charge in [0.25, 0.3) is 0 Å². The Bertz CT molecular complexity index is 204. The van der Waals surface area contributed by atoms with Crippen LogP contribution in [-0.2, 0) is 14.2 Å². The summed E-state index contributed by atoms with van der Waals surface area (Å²) in [6.45, 7) is 14.7. The lowest BCUT2D eigenvalue weighted by Gasteiger charge is -2.24. The average molecular weight is 337 g/mol. The highest BCUT2D eigenvalue weighted by Gasteiger charge is 2.14. The first-order valence-corrected chi connectivity index (χ1v) is 8.88. The molecule has 0 aliphatic rings. The van der Waals surface area contributed by atoms with Crippen LogP contribution in [0.4, 0.5) is 0 Å². The van der Waals surface area contributed by atoms with E-state index in [-0.39, 0.29) is 24.9 Å². The summed E-state index contributed by atoms with van der Waals surface area (Å²) in [6, 6.07) is 0. The maximum Gasteiger partial charge on any atom is 0.160 e. The van der Waals surface area contributed by atoms with Gasteiger partial charge in [-0.05, 0) is 50.4 Å². The highest BCUT2D eigenvalue weighted by Crippen LogP contribution is 2.12. The summed E-state index contributed by atoms with van der Waals surface area (Å²) in [7, 11) is 0. The summed E-state index contributed by atoms with van der Waals surface area (Å²) in [5.74, 6) is 1.48. The first kappa shape index (κ1) is 27.6. The van der Waals surface area contributed by atoms with Crippen LogP contribution in [0.1, 0.15) is 80.1 Å². The van der Waals surface area contributed by atoms with E-state index in [1.54, 1.807) is 0 Å². The molecule has 0 aromatic heterocycles. The maximum absolute atomic E-state index is 5.92. The summed E-state index contributed by atoms with van der Waals surface area (Å²) in [5, 5.41) is 0. The lowest BCUT2D eigenvalue weighted by Crippen LogP contribution is -2.27. The zero-order valence-corrected chi connectivity index (χ0v) is 16.6. The predicted octanol–water partition coefficient (Wildman–Crippen LogP) is 5.70. The van der Waals surface area contributed by atoms with Crippen molar-refractivity contribution in [3.63, 3.8) is 0 Å². The molecule has 0 bridgehead atoms. The molecule has 2 unspecified atom stereocenters. The van der Waals surface area contributed by atoms with Crippen molar-refractivity contribution in [2.24, 2.45) is 11.8 Å². The van der Waals surface area contributed by atoms with Crippen LogP contribution in [0, 0.1) is 11.8 Å². The number of ether oxygens (including phenoxy) is 3. The second kappa shape index (κ2) is 18.1. The Kier molecular flexibility index (Phi) is 21.8. The summed E-state index contributed by atoms with van der Waals surface area (Å²) in [4.78, 5) is 0. The van der Waals surface area contributed by atoms with Crippen LogP contribution in [0.5, 0.6) is 0 Å². The highest BCUT2D eigenvalue weighted by atomic mass is 16.8. The van der Waals surface area contributed by atoms with E-state index in [0.717, 1.165) is 50.7 Å². The highest BCUT2D eigenvalue weighted by molar-refractivity contribution is 4.50. The van der Waals surface area contributed by atoms with Gasteiger partial charge in [-0.3, -0.25) is 0 Å². The quantitative estimate of drug-likeness (QED) is 0.313. The molecule has 0 rings (SSSR count). The summed E-state index contributed by atoms with van der Waals surface area (Å²) >= 11 is 0. The van der Waals surface area contributed by atoms with Gasteiger partial charge in [-0.2, -0.15) is 0 Å². The third-order valence-electron chi connectivity index (χ3n) is 3.43. The van der Waals surface area contributed by atoms with Gasteiger partial charge in [-0.15, -0.1) is 0 Å². The molecule has 0 spiro atoms. The van der Waals surface area contributed by atoms with Gasteiger partial charge in [-0.25, -0.2) is 0 Å². The molecule has 0 fully saturated rings. The molecule has 0 aliphatic carbocycles. The molecule has 5 nitrogen and oxygen atoms in total. The molecular formula is C18H44N2O3. The first-order valence-electron chi connectivity index (χ1n) is 8.88. The predicted molar refractivity (Wildman–Crippen MR) is 99.3 cm³/mol. The van der Waals surface area contributed by atoms with E-state index in [0.29, 0.717) is 0 Å². The number of hydrogen-bond donors (Lipinski definition) is 2. The van der Waals surface area contributed by atoms with E-state index >= 15 is 0 Å². The van der Waals surface area contributed by atoms with Crippen molar-refractivity contribution in [3.05, 3.63) is 0 Å². The van der Waals surface area contributed by atoms with E-state index in [1.165, 1.54) is 12.8 Å². The monoisotopic (exact) mass is 336 g/mol. The number of hydrogen-bond acceptors (Lipinski definition) is 5. The minimum Gasteiger partial charge on any atom is -0.353 e. The van der Waals surface area contributed by atoms with Gasteiger partial charge in [0.1, 0.15) is 0 Å². The van der Waals surface area contributed by atoms with Gasteiger partial charge in [0.05, 0.1) is 0 Å². The van der Waals surface area contributed by atoms with Crippen molar-refractivity contribution in [1.29, 1.82) is 0 Å². The van der Waals surface area contributed by atoms with Gasteiger partial charge in [-0.1, -0.05) is 41.5 Å². The van der Waals surface area contributed by atoms with E-state index in [1.807, 2.05) is 0 Å². The average Bonchev–Trinajstić information content (AvgIpc) is 2.44. The molecule has 5 heteroatoms. The molecule has 0 heterocycles. The van der Waals surface area contributed by atoms with Gasteiger partial charge in [0.2, 0.25) is 0 Å². The lowest BCUT2D eigenvalue weighted by molar-refractivity contribution is -0.247. The zero-order chi connectivity index (χ0) is 16.1. The molecular weight excluding hydrogens is 292 g/mol. The fourth-order valence-corrected chi connectivity index (χ4v) is 2.09. The molecule has 0 radical (unpaired) electrons. The first-order chi connectivity index (χ1) is 9.99. The molecule has 6 N–H and O–H groups in total. The van der Waals surface area contributed by atoms with Crippen molar-refractivity contribution >= 4 is 0 Å². The molecule has 144 valence electrons. The molecule has 2 atom stereocenters. The summed E-state index contributed by atoms with van der Waals surface area (Å²) in [5.41, 5.74) is 0. The Morgan fingerprint density at radius 2 is 1.00 bits per heavy atom. The topological polar surface area (TPSA) is 97.7 Å². The molecule has 0 aromatic rings. The Labute approximate surface area is 145 Å². The molecule has 0 amide bonds. The van der Waals surface area contributed by atoms with Gasteiger partial charge < -0.3 is 26.5 Å². The molecule has 0 aromatic carbocycles. The fourth-order valence-electron chi connectivity index (χ4n) is 2.09. The largest absolute Gasteiger partial charge is 0.353 e. The zero-order valence-electron chi connectivity index (χ0n) is 16.6. The maximum atomic E-state index is 5.92. The van der Waals surface area contributed by atoms with E-state index in [4.69, 9.17) is 14.2 Å². The minimum absolute atomic E-state index is 0. The van der Waals surface area contributed by atoms with E-state index in [9.17, 15) is 0 Å². The SMILES string of the molecule is CCC(OCCCC(C)C)OC(CC)OCCCC(C)C.N.N. The van der Waals surface area contributed by atoms with Crippen LogP contribution in [0.3, 0.4) is 0 Å². The third kappa shape index (κ3) is 18.0. The van der Waals surface area contributed by atoms with Crippen molar-refractivity contribution in [2.45, 2.75) is 92.6 Å². The van der Waals surface area contributed by atoms with Crippen molar-refractivity contribution < 1.29 is 14.2 Å². The normalized spacial score (nSPS) is 13.6. The summed E-state index contributed by atoms with van der Waals surface area (Å²) in [6.07, 6.45) is 6.09. The van der Waals surface area contributed by atoms with Crippen LogP contribution < -0.4 is 12.3 Å². The Hall–Kier alpha value is -0.200. The molecule has 0 saturated carbocycles. The van der Waals surface area contributed by atoms with Crippen molar-refractivity contribution in [1.82, 2.24) is 12.3 Å². The molecule has 0 saturated heterocycles. The Balaban J connectivity index is -0.00000200. The fraction of sp³-hybridized carbons (Fsp3) is 1.00. The van der Waals surface area contributed by atoms with Crippen molar-refractivity contribution in [3.8, 4) is 0 Å². The second-order valence-electron chi connectivity index (χ2n) is 6.63. The van der Waals surface area contributed by atoms with Gasteiger partial charge >= 0.3 is 0 Å². The lowest BCUT2D eigenvalue weighted by atomic mass is 10.1. The molecule has 23 heavy (non-hydrogen) atoms. The van der Waals surface area contributed by atoms with Crippen LogP contribution in [0.25, 0.3) is 0 Å². The summed E-state index contributed by atoms with van der Waals surface area (Å²) < 4.78 is 17.6. The minimum atomic E-state index is -0.132. The van der Waals surface area contributed by atoms with Crippen LogP contribution in [-0.4, -0.2) is 25.8 Å². The van der Waals surface area contributed by atoms with Crippen LogP contribution in [0.2, 0.25) is 0 Å². The Morgan fingerprint density at radius 1 is 0.652 bits per heavy atom. The van der Waals surface area contributed by atoms with E-state index in [2.05, 4.69) is 41.5 Å². The smallest absolute Gasteiger partial charge is 0.160 e. The number of rotatable bonds is 14. The van der Waals surface area contributed by atoms with Crippen LogP contribution >= 0.6 is 0 Å². The second-order valence-corrected chi connectivity index (χ2v) is 6.63. The Morgan fingerprint density at radius 3 is 1.26 bits per heavy atom. The third-order valence-corrected chi connectivity index (χ3v) is 3.43. The van der Waals surface area contributed by atoms with E-state index < -0.39 is 0 Å². The van der Waals surface area contributed by atoms with Crippen LogP contribution in [0.15, 0.2) is 0 Å². The van der Waals surface area contributed by atoms with Gasteiger partial charge in [0.15, 0.2) is 12.6 Å². The van der Waals surface area contributed by atoms with Gasteiger partial charge in [0, 0.05) is 13.2 Å². The molecule has 0 aliphatic heterocycles.